The number of anilines is 2. The zero-order valence-corrected chi connectivity index (χ0v) is 20.0. The van der Waals surface area contributed by atoms with Crippen molar-refractivity contribution < 1.29 is 9.53 Å². The molecule has 3 N–H and O–H groups in total. The number of carbonyl (C=O) groups excluding carboxylic acids is 1. The third-order valence-corrected chi connectivity index (χ3v) is 6.31. The van der Waals surface area contributed by atoms with Crippen LogP contribution >= 0.6 is 0 Å². The molecule has 33 heavy (non-hydrogen) atoms. The van der Waals surface area contributed by atoms with Gasteiger partial charge in [0.25, 0.3) is 0 Å². The highest BCUT2D eigenvalue weighted by atomic mass is 16.6. The molecule has 2 aromatic heterocycles. The summed E-state index contributed by atoms with van der Waals surface area (Å²) in [7, 11) is 0. The minimum absolute atomic E-state index is 0.172. The van der Waals surface area contributed by atoms with Crippen molar-refractivity contribution in [1.29, 1.82) is 0 Å². The molecule has 0 bridgehead atoms. The Hall–Kier alpha value is -2.68. The van der Waals surface area contributed by atoms with Gasteiger partial charge in [-0.15, -0.1) is 0 Å². The van der Waals surface area contributed by atoms with Crippen molar-refractivity contribution >= 4 is 17.7 Å². The van der Waals surface area contributed by atoms with Crippen molar-refractivity contribution in [1.82, 2.24) is 30.2 Å². The normalized spacial score (nSPS) is 21.7. The lowest BCUT2D eigenvalue weighted by Gasteiger charge is -2.30. The molecule has 180 valence electrons. The number of nitrogens with one attached hydrogen (secondary N) is 3. The van der Waals surface area contributed by atoms with Crippen molar-refractivity contribution in [2.24, 2.45) is 0 Å². The lowest BCUT2D eigenvalue weighted by atomic mass is 9.91. The smallest absolute Gasteiger partial charge is 0.407 e. The van der Waals surface area contributed by atoms with Crippen LogP contribution in [0.5, 0.6) is 0 Å². The van der Waals surface area contributed by atoms with Gasteiger partial charge in [0.15, 0.2) is 0 Å². The van der Waals surface area contributed by atoms with E-state index in [9.17, 15) is 4.79 Å². The zero-order valence-electron chi connectivity index (χ0n) is 20.0. The van der Waals surface area contributed by atoms with Crippen LogP contribution in [-0.4, -0.2) is 43.3 Å². The molecular formula is C24H37N7O2. The Bertz CT molecular complexity index is 910. The zero-order chi connectivity index (χ0) is 23.3. The van der Waals surface area contributed by atoms with Crippen molar-refractivity contribution in [3.05, 3.63) is 30.6 Å². The Balaban J connectivity index is 1.21. The van der Waals surface area contributed by atoms with E-state index in [1.807, 2.05) is 33.2 Å². The molecule has 2 heterocycles. The number of rotatable bonds is 7. The van der Waals surface area contributed by atoms with E-state index in [2.05, 4.69) is 41.7 Å². The molecule has 0 atom stereocenters. The first-order valence-electron chi connectivity index (χ1n) is 12.2. The number of ether oxygens (including phenoxy) is 1. The highest BCUT2D eigenvalue weighted by molar-refractivity contribution is 5.68. The maximum Gasteiger partial charge on any atom is 0.407 e. The molecule has 0 spiro atoms. The molecule has 0 radical (unpaired) electrons. The summed E-state index contributed by atoms with van der Waals surface area (Å²) in [5, 5.41) is 9.86. The maximum atomic E-state index is 12.0. The summed E-state index contributed by atoms with van der Waals surface area (Å²) in [5.74, 6) is 2.32. The molecule has 2 aliphatic carbocycles. The van der Waals surface area contributed by atoms with Crippen LogP contribution in [0.3, 0.4) is 0 Å². The van der Waals surface area contributed by atoms with Crippen LogP contribution in [0.25, 0.3) is 0 Å². The van der Waals surface area contributed by atoms with Crippen LogP contribution in [-0.2, 0) is 11.3 Å². The Morgan fingerprint density at radius 3 is 2.52 bits per heavy atom. The topological polar surface area (TPSA) is 106 Å². The van der Waals surface area contributed by atoms with Crippen LogP contribution in [0.1, 0.15) is 84.0 Å². The minimum Gasteiger partial charge on any atom is -0.444 e. The summed E-state index contributed by atoms with van der Waals surface area (Å²) in [6.45, 7) is 6.25. The fraction of sp³-hybridized carbons (Fsp3) is 0.667. The molecule has 0 saturated heterocycles. The van der Waals surface area contributed by atoms with Crippen molar-refractivity contribution in [2.45, 2.75) is 102 Å². The second-order valence-electron chi connectivity index (χ2n) is 10.2. The number of amides is 1. The van der Waals surface area contributed by atoms with E-state index in [1.54, 1.807) is 6.20 Å². The molecule has 0 unspecified atom stereocenters. The van der Waals surface area contributed by atoms with Gasteiger partial charge in [0.1, 0.15) is 23.1 Å². The van der Waals surface area contributed by atoms with Crippen LogP contribution in [0.15, 0.2) is 24.8 Å². The molecule has 2 fully saturated rings. The number of alkyl carbamates (subject to hydrolysis) is 1. The van der Waals surface area contributed by atoms with Gasteiger partial charge in [-0.3, -0.25) is 0 Å². The molecule has 0 aromatic carbocycles. The average molecular weight is 456 g/mol. The van der Waals surface area contributed by atoms with E-state index in [-0.39, 0.29) is 12.1 Å². The lowest BCUT2D eigenvalue weighted by molar-refractivity contribution is 0.0489. The van der Waals surface area contributed by atoms with E-state index < -0.39 is 5.60 Å². The number of hydrogen-bond acceptors (Lipinski definition) is 7. The van der Waals surface area contributed by atoms with Gasteiger partial charge in [-0.25, -0.2) is 19.7 Å². The summed E-state index contributed by atoms with van der Waals surface area (Å²) in [5.41, 5.74) is -0.470. The SMILES string of the molecule is CC(C)(C)OC(=O)NC1CCC(NCc2nccc(Nc3cn(C4CCCC4)cn3)n2)CC1. The van der Waals surface area contributed by atoms with Gasteiger partial charge in [0.2, 0.25) is 0 Å². The van der Waals surface area contributed by atoms with Gasteiger partial charge >= 0.3 is 6.09 Å². The minimum atomic E-state index is -0.470. The highest BCUT2D eigenvalue weighted by Gasteiger charge is 2.24. The van der Waals surface area contributed by atoms with Gasteiger partial charge in [-0.05, 0) is 65.4 Å². The quantitative estimate of drug-likeness (QED) is 0.566. The van der Waals surface area contributed by atoms with Crippen LogP contribution < -0.4 is 16.0 Å². The number of hydrogen-bond donors (Lipinski definition) is 3. The van der Waals surface area contributed by atoms with Crippen LogP contribution in [0, 0.1) is 0 Å². The first kappa shape index (κ1) is 23.5. The fourth-order valence-electron chi connectivity index (χ4n) is 4.64. The second kappa shape index (κ2) is 10.5. The molecular weight excluding hydrogens is 418 g/mol. The van der Waals surface area contributed by atoms with Crippen molar-refractivity contribution in [2.75, 3.05) is 5.32 Å². The summed E-state index contributed by atoms with van der Waals surface area (Å²) in [4.78, 5) is 25.5. The fourth-order valence-corrected chi connectivity index (χ4v) is 4.64. The molecule has 0 aliphatic heterocycles. The molecule has 4 rings (SSSR count). The first-order valence-corrected chi connectivity index (χ1v) is 12.2. The number of aromatic nitrogens is 4. The third-order valence-electron chi connectivity index (χ3n) is 6.31. The van der Waals surface area contributed by atoms with Crippen LogP contribution in [0.4, 0.5) is 16.4 Å². The Kier molecular flexibility index (Phi) is 7.47. The summed E-state index contributed by atoms with van der Waals surface area (Å²) in [6.07, 6.45) is 14.4. The Morgan fingerprint density at radius 2 is 1.79 bits per heavy atom. The standard InChI is InChI=1S/C24H37N7O2/c1-24(2,3)33-23(32)28-18-10-8-17(9-11-18)26-14-21-25-13-12-20(29-21)30-22-15-31(16-27-22)19-6-4-5-7-19/h12-13,15-19,26H,4-11,14H2,1-3H3,(H,28,32)(H,25,29,30). The van der Waals surface area contributed by atoms with Crippen molar-refractivity contribution in [3.63, 3.8) is 0 Å². The maximum absolute atomic E-state index is 12.0. The lowest BCUT2D eigenvalue weighted by Crippen LogP contribution is -2.43. The molecule has 9 nitrogen and oxygen atoms in total. The Labute approximate surface area is 196 Å². The summed E-state index contributed by atoms with van der Waals surface area (Å²) < 4.78 is 7.57. The van der Waals surface area contributed by atoms with Gasteiger partial charge in [0, 0.05) is 30.5 Å². The van der Waals surface area contributed by atoms with E-state index in [0.29, 0.717) is 18.6 Å². The van der Waals surface area contributed by atoms with E-state index >= 15 is 0 Å². The number of carbonyl (C=O) groups is 1. The van der Waals surface area contributed by atoms with Crippen molar-refractivity contribution in [3.8, 4) is 0 Å². The second-order valence-corrected chi connectivity index (χ2v) is 10.2. The van der Waals surface area contributed by atoms with Gasteiger partial charge in [-0.2, -0.15) is 0 Å². The first-order chi connectivity index (χ1) is 15.8. The predicted octanol–water partition coefficient (Wildman–Crippen LogP) is 4.46. The Morgan fingerprint density at radius 1 is 1.06 bits per heavy atom. The molecule has 2 aromatic rings. The highest BCUT2D eigenvalue weighted by Crippen LogP contribution is 2.30. The summed E-state index contributed by atoms with van der Waals surface area (Å²) in [6, 6.07) is 3.01. The van der Waals surface area contributed by atoms with E-state index in [1.165, 1.54) is 25.7 Å². The predicted molar refractivity (Wildman–Crippen MR) is 127 cm³/mol. The largest absolute Gasteiger partial charge is 0.444 e. The van der Waals surface area contributed by atoms with Gasteiger partial charge in [-0.1, -0.05) is 12.8 Å². The monoisotopic (exact) mass is 455 g/mol. The molecule has 2 aliphatic rings. The molecule has 2 saturated carbocycles. The van der Waals surface area contributed by atoms with Gasteiger partial charge in [0.05, 0.1) is 12.9 Å². The van der Waals surface area contributed by atoms with E-state index in [4.69, 9.17) is 4.74 Å². The molecule has 1 amide bonds. The van der Waals surface area contributed by atoms with Gasteiger partial charge < -0.3 is 25.3 Å². The van der Waals surface area contributed by atoms with Crippen LogP contribution in [0.2, 0.25) is 0 Å². The van der Waals surface area contributed by atoms with E-state index in [0.717, 1.165) is 43.1 Å². The average Bonchev–Trinajstić information content (AvgIpc) is 3.44. The third kappa shape index (κ3) is 7.15. The number of nitrogens with zero attached hydrogens (tertiary/aromatic N) is 4. The number of imidazole rings is 1. The summed E-state index contributed by atoms with van der Waals surface area (Å²) >= 11 is 0. The molecule has 9 heteroatoms.